The van der Waals surface area contributed by atoms with E-state index in [0.29, 0.717) is 26.4 Å². The van der Waals surface area contributed by atoms with E-state index in [1.807, 2.05) is 26.8 Å². The van der Waals surface area contributed by atoms with Crippen LogP contribution in [0, 0.1) is 5.92 Å². The predicted octanol–water partition coefficient (Wildman–Crippen LogP) is 2.12. The van der Waals surface area contributed by atoms with Crippen molar-refractivity contribution in [2.75, 3.05) is 40.0 Å². The summed E-state index contributed by atoms with van der Waals surface area (Å²) >= 11 is 0. The van der Waals surface area contributed by atoms with Crippen molar-refractivity contribution in [1.29, 1.82) is 0 Å². The molecule has 0 unspecified atom stereocenters. The molecular formula is C24H34F3N3O8. The number of aliphatic carboxylic acids is 1. The molecule has 0 spiro atoms. The average molecular weight is 550 g/mol. The molecule has 1 aromatic heterocycles. The monoisotopic (exact) mass is 549 g/mol. The lowest BCUT2D eigenvalue weighted by Crippen LogP contribution is -2.36. The normalized spacial score (nSPS) is 17.4. The molecule has 2 atom stereocenters. The molecule has 1 aliphatic rings. The Balaban J connectivity index is 0.000000905. The smallest absolute Gasteiger partial charge is 0.475 e. The van der Waals surface area contributed by atoms with Crippen LogP contribution in [0.4, 0.5) is 13.2 Å². The first-order valence-electron chi connectivity index (χ1n) is 11.7. The number of alkyl halides is 3. The molecule has 14 heteroatoms. The van der Waals surface area contributed by atoms with Gasteiger partial charge in [0.25, 0.3) is 0 Å². The van der Waals surface area contributed by atoms with Crippen LogP contribution in [0.2, 0.25) is 0 Å². The van der Waals surface area contributed by atoms with Gasteiger partial charge in [0.2, 0.25) is 11.8 Å². The Bertz CT molecular complexity index is 923. The number of carboxylic acids is 1. The van der Waals surface area contributed by atoms with E-state index in [0.717, 1.165) is 5.56 Å². The van der Waals surface area contributed by atoms with Gasteiger partial charge in [-0.1, -0.05) is 6.07 Å². The number of ether oxygens (including phenoxy) is 3. The lowest BCUT2D eigenvalue weighted by Gasteiger charge is -2.24. The predicted molar refractivity (Wildman–Crippen MR) is 127 cm³/mol. The third kappa shape index (κ3) is 12.3. The van der Waals surface area contributed by atoms with Gasteiger partial charge in [-0.05, 0) is 32.4 Å². The molecule has 2 amide bonds. The second-order valence-electron chi connectivity index (χ2n) is 9.20. The zero-order chi connectivity index (χ0) is 28.9. The van der Waals surface area contributed by atoms with Crippen molar-refractivity contribution >= 4 is 23.8 Å². The maximum Gasteiger partial charge on any atom is 0.490 e. The maximum atomic E-state index is 12.6. The van der Waals surface area contributed by atoms with Gasteiger partial charge in [-0.2, -0.15) is 13.2 Å². The SMILES string of the molecule is CN1C(=O)C[C@H](C(=O)NCCOCCOCCC(=O)OC(C)(C)C)[C@H]1c1cccnc1.O=C(O)C(F)(F)F. The summed E-state index contributed by atoms with van der Waals surface area (Å²) in [4.78, 5) is 50.9. The van der Waals surface area contributed by atoms with Gasteiger partial charge in [0.1, 0.15) is 5.60 Å². The number of likely N-dealkylation sites (tertiary alicyclic amines) is 1. The third-order valence-electron chi connectivity index (χ3n) is 4.98. The van der Waals surface area contributed by atoms with Crippen LogP contribution in [0.25, 0.3) is 0 Å². The number of carboxylic acid groups (broad SMARTS) is 1. The fourth-order valence-corrected chi connectivity index (χ4v) is 3.36. The van der Waals surface area contributed by atoms with Crippen molar-refractivity contribution in [2.45, 2.75) is 51.4 Å². The maximum absolute atomic E-state index is 12.6. The minimum Gasteiger partial charge on any atom is -0.475 e. The number of hydrogen-bond donors (Lipinski definition) is 2. The number of aromatic nitrogens is 1. The second-order valence-corrected chi connectivity index (χ2v) is 9.20. The number of pyridine rings is 1. The Morgan fingerprint density at radius 3 is 2.26 bits per heavy atom. The summed E-state index contributed by atoms with van der Waals surface area (Å²) in [5.41, 5.74) is 0.347. The summed E-state index contributed by atoms with van der Waals surface area (Å²) < 4.78 is 47.7. The number of esters is 1. The van der Waals surface area contributed by atoms with E-state index in [1.165, 1.54) is 0 Å². The Morgan fingerprint density at radius 1 is 1.13 bits per heavy atom. The quantitative estimate of drug-likeness (QED) is 0.313. The van der Waals surface area contributed by atoms with Crippen molar-refractivity contribution in [1.82, 2.24) is 15.2 Å². The van der Waals surface area contributed by atoms with Gasteiger partial charge in [0.05, 0.1) is 44.8 Å². The number of rotatable bonds is 11. The van der Waals surface area contributed by atoms with Crippen LogP contribution >= 0.6 is 0 Å². The molecule has 2 heterocycles. The molecule has 1 fully saturated rings. The Kier molecular flexibility index (Phi) is 13.1. The molecule has 38 heavy (non-hydrogen) atoms. The Hall–Kier alpha value is -3.26. The molecule has 0 aromatic carbocycles. The fourth-order valence-electron chi connectivity index (χ4n) is 3.36. The molecule has 1 saturated heterocycles. The number of amides is 2. The summed E-state index contributed by atoms with van der Waals surface area (Å²) in [6, 6.07) is 3.35. The van der Waals surface area contributed by atoms with Crippen molar-refractivity contribution < 1.29 is 51.7 Å². The molecule has 0 aliphatic carbocycles. The Morgan fingerprint density at radius 2 is 1.74 bits per heavy atom. The van der Waals surface area contributed by atoms with Gasteiger partial charge < -0.3 is 29.5 Å². The number of halogens is 3. The first kappa shape index (κ1) is 32.8. The van der Waals surface area contributed by atoms with E-state index in [2.05, 4.69) is 10.3 Å². The number of hydrogen-bond acceptors (Lipinski definition) is 8. The van der Waals surface area contributed by atoms with Crippen LogP contribution in [0.1, 0.15) is 45.2 Å². The van der Waals surface area contributed by atoms with E-state index in [-0.39, 0.29) is 43.3 Å². The van der Waals surface area contributed by atoms with Crippen LogP contribution in [-0.4, -0.2) is 90.5 Å². The number of carbonyl (C=O) groups excluding carboxylic acids is 3. The molecule has 1 aliphatic heterocycles. The summed E-state index contributed by atoms with van der Waals surface area (Å²) in [6.07, 6.45) is -1.37. The van der Waals surface area contributed by atoms with Gasteiger partial charge in [-0.3, -0.25) is 19.4 Å². The minimum absolute atomic E-state index is 0.0613. The molecule has 214 valence electrons. The lowest BCUT2D eigenvalue weighted by molar-refractivity contribution is -0.192. The van der Waals surface area contributed by atoms with Crippen LogP contribution < -0.4 is 5.32 Å². The Labute approximate surface area is 218 Å². The van der Waals surface area contributed by atoms with Crippen LogP contribution in [0.15, 0.2) is 24.5 Å². The molecule has 0 saturated carbocycles. The van der Waals surface area contributed by atoms with Gasteiger partial charge in [0, 0.05) is 32.4 Å². The molecule has 0 radical (unpaired) electrons. The largest absolute Gasteiger partial charge is 0.490 e. The number of carbonyl (C=O) groups is 4. The van der Waals surface area contributed by atoms with Crippen molar-refractivity contribution in [3.05, 3.63) is 30.1 Å². The van der Waals surface area contributed by atoms with Crippen molar-refractivity contribution in [3.8, 4) is 0 Å². The second kappa shape index (κ2) is 15.2. The summed E-state index contributed by atoms with van der Waals surface area (Å²) in [6.45, 7) is 7.10. The van der Waals surface area contributed by atoms with Crippen LogP contribution in [0.3, 0.4) is 0 Å². The topological polar surface area (TPSA) is 144 Å². The number of nitrogens with one attached hydrogen (secondary N) is 1. The van der Waals surface area contributed by atoms with Crippen LogP contribution in [-0.2, 0) is 33.4 Å². The van der Waals surface area contributed by atoms with Crippen molar-refractivity contribution in [3.63, 3.8) is 0 Å². The van der Waals surface area contributed by atoms with Gasteiger partial charge in [-0.15, -0.1) is 0 Å². The zero-order valence-corrected chi connectivity index (χ0v) is 21.7. The molecule has 0 bridgehead atoms. The molecule has 2 rings (SSSR count). The minimum atomic E-state index is -5.08. The molecule has 1 aromatic rings. The van der Waals surface area contributed by atoms with E-state index >= 15 is 0 Å². The van der Waals surface area contributed by atoms with Crippen LogP contribution in [0.5, 0.6) is 0 Å². The number of nitrogens with zero attached hydrogens (tertiary/aromatic N) is 2. The van der Waals surface area contributed by atoms with E-state index in [1.54, 1.807) is 30.4 Å². The van der Waals surface area contributed by atoms with Gasteiger partial charge in [0.15, 0.2) is 0 Å². The van der Waals surface area contributed by atoms with E-state index in [4.69, 9.17) is 24.1 Å². The summed E-state index contributed by atoms with van der Waals surface area (Å²) in [7, 11) is 1.71. The van der Waals surface area contributed by atoms with E-state index < -0.39 is 23.7 Å². The van der Waals surface area contributed by atoms with Crippen molar-refractivity contribution in [2.24, 2.45) is 5.92 Å². The highest BCUT2D eigenvalue weighted by atomic mass is 19.4. The standard InChI is InChI=1S/C22H33N3O6.C2HF3O2/c1-22(2,3)31-19(27)7-10-29-12-13-30-11-9-24-21(28)17-14-18(26)25(4)20(17)16-6-5-8-23-15-16;3-2(4,5)1(6)7/h5-6,8,15,17,20H,7,9-14H2,1-4H3,(H,24,28);(H,6,7)/t17-,20+;/m0./s1. The molecular weight excluding hydrogens is 515 g/mol. The van der Waals surface area contributed by atoms with Gasteiger partial charge >= 0.3 is 18.1 Å². The first-order chi connectivity index (χ1) is 17.6. The summed E-state index contributed by atoms with van der Waals surface area (Å²) in [5.74, 6) is -3.75. The lowest BCUT2D eigenvalue weighted by atomic mass is 9.94. The molecule has 11 nitrogen and oxygen atoms in total. The van der Waals surface area contributed by atoms with Gasteiger partial charge in [-0.25, -0.2) is 4.79 Å². The summed E-state index contributed by atoms with van der Waals surface area (Å²) in [5, 5.41) is 9.96. The highest BCUT2D eigenvalue weighted by Gasteiger charge is 2.42. The highest BCUT2D eigenvalue weighted by molar-refractivity contribution is 5.90. The highest BCUT2D eigenvalue weighted by Crippen LogP contribution is 2.36. The zero-order valence-electron chi connectivity index (χ0n) is 21.7. The third-order valence-corrected chi connectivity index (χ3v) is 4.98. The van der Waals surface area contributed by atoms with E-state index in [9.17, 15) is 27.6 Å². The fraction of sp³-hybridized carbons (Fsp3) is 0.625. The first-order valence-corrected chi connectivity index (χ1v) is 11.7. The average Bonchev–Trinajstić information content (AvgIpc) is 3.11. The molecule has 2 N–H and O–H groups in total.